The van der Waals surface area contributed by atoms with Gasteiger partial charge in [0.15, 0.2) is 0 Å². The number of alkyl halides is 1. The van der Waals surface area contributed by atoms with E-state index in [4.69, 9.17) is 4.74 Å². The Morgan fingerprint density at radius 3 is 2.17 bits per heavy atom. The highest BCUT2D eigenvalue weighted by molar-refractivity contribution is 9.09. The Labute approximate surface area is 119 Å². The Bertz CT molecular complexity index is 276. The number of hydrogen-bond donors (Lipinski definition) is 0. The number of nitrogens with zero attached hydrogens (tertiary/aromatic N) is 1. The summed E-state index contributed by atoms with van der Waals surface area (Å²) in [7, 11) is 0. The van der Waals surface area contributed by atoms with Crippen molar-refractivity contribution in [2.75, 3.05) is 5.33 Å². The van der Waals surface area contributed by atoms with E-state index >= 15 is 0 Å². The molecule has 4 heteroatoms. The van der Waals surface area contributed by atoms with E-state index in [1.807, 2.05) is 25.7 Å². The van der Waals surface area contributed by atoms with E-state index in [1.54, 1.807) is 0 Å². The molecule has 0 aromatic heterocycles. The summed E-state index contributed by atoms with van der Waals surface area (Å²) in [5, 5.41) is 1.05. The average molecular weight is 320 g/mol. The van der Waals surface area contributed by atoms with Gasteiger partial charge >= 0.3 is 6.09 Å². The van der Waals surface area contributed by atoms with E-state index in [2.05, 4.69) is 29.8 Å². The third kappa shape index (κ3) is 4.45. The second-order valence-electron chi connectivity index (χ2n) is 6.40. The van der Waals surface area contributed by atoms with Crippen molar-refractivity contribution in [3.8, 4) is 0 Å². The van der Waals surface area contributed by atoms with Gasteiger partial charge in [0.05, 0.1) is 0 Å². The summed E-state index contributed by atoms with van der Waals surface area (Å²) in [5.41, 5.74) is -0.413. The molecule has 106 valence electrons. The topological polar surface area (TPSA) is 29.5 Å². The summed E-state index contributed by atoms with van der Waals surface area (Å²) in [4.78, 5) is 14.1. The van der Waals surface area contributed by atoms with Crippen LogP contribution in [0.4, 0.5) is 4.79 Å². The number of rotatable bonds is 2. The molecule has 1 amide bonds. The molecule has 0 bridgehead atoms. The minimum Gasteiger partial charge on any atom is -0.444 e. The van der Waals surface area contributed by atoms with E-state index in [1.165, 1.54) is 6.42 Å². The van der Waals surface area contributed by atoms with Crippen LogP contribution in [0.3, 0.4) is 0 Å². The first-order valence-electron chi connectivity index (χ1n) is 6.82. The molecule has 18 heavy (non-hydrogen) atoms. The Kier molecular flexibility index (Phi) is 5.50. The largest absolute Gasteiger partial charge is 0.444 e. The molecular weight excluding hydrogens is 294 g/mol. The fourth-order valence-corrected chi connectivity index (χ4v) is 3.43. The van der Waals surface area contributed by atoms with Crippen molar-refractivity contribution in [1.29, 1.82) is 0 Å². The van der Waals surface area contributed by atoms with Gasteiger partial charge in [0.2, 0.25) is 0 Å². The van der Waals surface area contributed by atoms with Crippen LogP contribution in [0.2, 0.25) is 0 Å². The first kappa shape index (κ1) is 15.8. The zero-order valence-corrected chi connectivity index (χ0v) is 13.8. The van der Waals surface area contributed by atoms with Crippen molar-refractivity contribution < 1.29 is 9.53 Å². The lowest BCUT2D eigenvalue weighted by atomic mass is 9.86. The fourth-order valence-electron chi connectivity index (χ4n) is 2.79. The van der Waals surface area contributed by atoms with Crippen molar-refractivity contribution in [1.82, 2.24) is 4.90 Å². The second kappa shape index (κ2) is 6.27. The van der Waals surface area contributed by atoms with Gasteiger partial charge in [-0.2, -0.15) is 0 Å². The maximum absolute atomic E-state index is 12.2. The molecule has 0 radical (unpaired) electrons. The molecule has 1 rings (SSSR count). The van der Waals surface area contributed by atoms with Crippen molar-refractivity contribution >= 4 is 22.0 Å². The molecule has 0 aliphatic carbocycles. The first-order chi connectivity index (χ1) is 8.24. The summed E-state index contributed by atoms with van der Waals surface area (Å²) < 4.78 is 5.49. The Balaban J connectivity index is 2.64. The van der Waals surface area contributed by atoms with E-state index in [-0.39, 0.29) is 18.2 Å². The molecule has 1 saturated heterocycles. The third-order valence-corrected chi connectivity index (χ3v) is 3.88. The number of likely N-dealkylation sites (tertiary alicyclic amines) is 1. The van der Waals surface area contributed by atoms with Gasteiger partial charge in [-0.05, 0) is 59.8 Å². The third-order valence-electron chi connectivity index (χ3n) is 3.42. The molecule has 1 heterocycles. The summed E-state index contributed by atoms with van der Waals surface area (Å²) in [6, 6.07) is 0.542. The lowest BCUT2D eigenvalue weighted by molar-refractivity contribution is -0.00735. The standard InChI is InChI=1S/C14H26BrNO2/c1-10-8-12(6-7-15)9-11(2)16(10)13(17)18-14(3,4)5/h10-12H,6-9H2,1-5H3. The highest BCUT2D eigenvalue weighted by Gasteiger charge is 2.35. The SMILES string of the molecule is CC1CC(CCBr)CC(C)N1C(=O)OC(C)(C)C. The van der Waals surface area contributed by atoms with Gasteiger partial charge in [0, 0.05) is 17.4 Å². The molecule has 1 aliphatic rings. The van der Waals surface area contributed by atoms with Gasteiger partial charge in [-0.3, -0.25) is 0 Å². The molecule has 3 nitrogen and oxygen atoms in total. The van der Waals surface area contributed by atoms with Gasteiger partial charge < -0.3 is 9.64 Å². The van der Waals surface area contributed by atoms with E-state index in [0.29, 0.717) is 5.92 Å². The smallest absolute Gasteiger partial charge is 0.410 e. The van der Waals surface area contributed by atoms with Crippen molar-refractivity contribution in [3.63, 3.8) is 0 Å². The summed E-state index contributed by atoms with van der Waals surface area (Å²) >= 11 is 3.50. The zero-order valence-electron chi connectivity index (χ0n) is 12.2. The average Bonchev–Trinajstić information content (AvgIpc) is 2.13. The van der Waals surface area contributed by atoms with Crippen LogP contribution in [0.5, 0.6) is 0 Å². The van der Waals surface area contributed by atoms with Gasteiger partial charge in [-0.1, -0.05) is 15.9 Å². The first-order valence-corrected chi connectivity index (χ1v) is 7.94. The summed E-state index contributed by atoms with van der Waals surface area (Å²) in [6.45, 7) is 10.00. The van der Waals surface area contributed by atoms with Crippen molar-refractivity contribution in [2.45, 2.75) is 71.6 Å². The van der Waals surface area contributed by atoms with E-state index in [0.717, 1.165) is 18.2 Å². The molecular formula is C14H26BrNO2. The molecule has 0 N–H and O–H groups in total. The molecule has 0 spiro atoms. The van der Waals surface area contributed by atoms with Gasteiger partial charge in [-0.25, -0.2) is 4.79 Å². The zero-order chi connectivity index (χ0) is 13.9. The molecule has 2 unspecified atom stereocenters. The molecule has 2 atom stereocenters. The number of carbonyl (C=O) groups excluding carboxylic acids is 1. The lowest BCUT2D eigenvalue weighted by Crippen LogP contribution is -2.51. The van der Waals surface area contributed by atoms with Crippen LogP contribution < -0.4 is 0 Å². The van der Waals surface area contributed by atoms with Crippen LogP contribution in [-0.2, 0) is 4.74 Å². The molecule has 1 fully saturated rings. The van der Waals surface area contributed by atoms with Crippen LogP contribution in [0, 0.1) is 5.92 Å². The minimum absolute atomic E-state index is 0.167. The number of ether oxygens (including phenoxy) is 1. The number of amides is 1. The molecule has 0 aromatic rings. The van der Waals surface area contributed by atoms with Crippen molar-refractivity contribution in [3.05, 3.63) is 0 Å². The van der Waals surface area contributed by atoms with Gasteiger partial charge in [-0.15, -0.1) is 0 Å². The Morgan fingerprint density at radius 2 is 1.78 bits per heavy atom. The number of carbonyl (C=O) groups is 1. The second-order valence-corrected chi connectivity index (χ2v) is 7.19. The van der Waals surface area contributed by atoms with Crippen molar-refractivity contribution in [2.24, 2.45) is 5.92 Å². The fraction of sp³-hybridized carbons (Fsp3) is 0.929. The number of piperidine rings is 1. The predicted octanol–water partition coefficient (Wildman–Crippen LogP) is 4.20. The Morgan fingerprint density at radius 1 is 1.28 bits per heavy atom. The highest BCUT2D eigenvalue weighted by atomic mass is 79.9. The Hall–Kier alpha value is -0.250. The summed E-state index contributed by atoms with van der Waals surface area (Å²) in [6.07, 6.45) is 3.18. The maximum Gasteiger partial charge on any atom is 0.410 e. The van der Waals surface area contributed by atoms with Crippen LogP contribution >= 0.6 is 15.9 Å². The molecule has 0 saturated carbocycles. The molecule has 1 aliphatic heterocycles. The maximum atomic E-state index is 12.2. The monoisotopic (exact) mass is 319 g/mol. The number of halogens is 1. The van der Waals surface area contributed by atoms with Crippen LogP contribution in [-0.4, -0.2) is 34.0 Å². The highest BCUT2D eigenvalue weighted by Crippen LogP contribution is 2.31. The van der Waals surface area contributed by atoms with Gasteiger partial charge in [0.1, 0.15) is 5.60 Å². The van der Waals surface area contributed by atoms with Gasteiger partial charge in [0.25, 0.3) is 0 Å². The van der Waals surface area contributed by atoms with Crippen LogP contribution in [0.15, 0.2) is 0 Å². The van der Waals surface area contributed by atoms with E-state index < -0.39 is 5.60 Å². The lowest BCUT2D eigenvalue weighted by Gasteiger charge is -2.42. The minimum atomic E-state index is -0.413. The summed E-state index contributed by atoms with van der Waals surface area (Å²) in [5.74, 6) is 0.716. The number of hydrogen-bond acceptors (Lipinski definition) is 2. The normalized spacial score (nSPS) is 29.2. The predicted molar refractivity (Wildman–Crippen MR) is 78.1 cm³/mol. The van der Waals surface area contributed by atoms with E-state index in [9.17, 15) is 4.79 Å². The van der Waals surface area contributed by atoms with Crippen LogP contribution in [0.25, 0.3) is 0 Å². The molecule has 0 aromatic carbocycles. The quantitative estimate of drug-likeness (QED) is 0.714. The van der Waals surface area contributed by atoms with Crippen LogP contribution in [0.1, 0.15) is 53.9 Å².